The lowest BCUT2D eigenvalue weighted by Gasteiger charge is -2.08. The number of aryl methyl sites for hydroxylation is 2. The smallest absolute Gasteiger partial charge is 0.0995 e. The number of hydrogen-bond donors (Lipinski definition) is 2. The van der Waals surface area contributed by atoms with Gasteiger partial charge in [-0.2, -0.15) is 20.5 Å². The molecule has 0 saturated carbocycles. The zero-order chi connectivity index (χ0) is 12.4. The molecule has 1 atom stereocenters. The highest BCUT2D eigenvalue weighted by Crippen LogP contribution is 2.24. The van der Waals surface area contributed by atoms with E-state index in [2.05, 4.69) is 43.4 Å². The first-order valence-electron chi connectivity index (χ1n) is 5.45. The number of nitrogens with two attached hydrogens (primary N) is 1. The van der Waals surface area contributed by atoms with Crippen LogP contribution in [0.4, 0.5) is 0 Å². The number of H-pyrrole nitrogens is 1. The van der Waals surface area contributed by atoms with Crippen molar-refractivity contribution in [1.29, 1.82) is 0 Å². The maximum absolute atomic E-state index is 6.08. The summed E-state index contributed by atoms with van der Waals surface area (Å²) in [6.07, 6.45) is 3.22. The molecule has 92 valence electrons. The van der Waals surface area contributed by atoms with Crippen LogP contribution in [0.2, 0.25) is 0 Å². The standard InChI is InChI=1S/C10H15BrN6/c1-3-7-10(11)9(17(2)15-7)4-6(12)8-5-13-16-14-8/h5-6H,3-4,12H2,1-2H3,(H,13,14,16). The predicted octanol–water partition coefficient (Wildman–Crippen LogP) is 1.11. The summed E-state index contributed by atoms with van der Waals surface area (Å²) in [7, 11) is 1.93. The van der Waals surface area contributed by atoms with Crippen molar-refractivity contribution in [2.24, 2.45) is 12.8 Å². The van der Waals surface area contributed by atoms with E-state index in [1.165, 1.54) is 0 Å². The molecule has 2 heterocycles. The number of rotatable bonds is 4. The molecule has 2 aromatic heterocycles. The first kappa shape index (κ1) is 12.3. The van der Waals surface area contributed by atoms with Crippen LogP contribution in [0.1, 0.15) is 30.0 Å². The molecule has 0 aliphatic carbocycles. The third-order valence-corrected chi connectivity index (χ3v) is 3.65. The van der Waals surface area contributed by atoms with Gasteiger partial charge >= 0.3 is 0 Å². The Morgan fingerprint density at radius 3 is 2.88 bits per heavy atom. The lowest BCUT2D eigenvalue weighted by molar-refractivity contribution is 0.624. The zero-order valence-electron chi connectivity index (χ0n) is 9.81. The quantitative estimate of drug-likeness (QED) is 0.885. The maximum Gasteiger partial charge on any atom is 0.0995 e. The van der Waals surface area contributed by atoms with Crippen LogP contribution in [0.25, 0.3) is 0 Å². The highest BCUT2D eigenvalue weighted by atomic mass is 79.9. The molecular weight excluding hydrogens is 284 g/mol. The van der Waals surface area contributed by atoms with Crippen LogP contribution in [0.15, 0.2) is 10.7 Å². The molecule has 0 aliphatic heterocycles. The Hall–Kier alpha value is -1.21. The summed E-state index contributed by atoms with van der Waals surface area (Å²) < 4.78 is 2.91. The van der Waals surface area contributed by atoms with Crippen LogP contribution < -0.4 is 5.73 Å². The molecule has 6 nitrogen and oxygen atoms in total. The molecule has 0 amide bonds. The molecule has 17 heavy (non-hydrogen) atoms. The van der Waals surface area contributed by atoms with E-state index in [4.69, 9.17) is 5.73 Å². The van der Waals surface area contributed by atoms with Crippen molar-refractivity contribution in [3.8, 4) is 0 Å². The van der Waals surface area contributed by atoms with Gasteiger partial charge in [-0.05, 0) is 22.4 Å². The molecule has 0 fully saturated rings. The molecule has 0 aliphatic rings. The van der Waals surface area contributed by atoms with Crippen LogP contribution in [0, 0.1) is 0 Å². The minimum atomic E-state index is -0.176. The Kier molecular flexibility index (Phi) is 3.58. The lowest BCUT2D eigenvalue weighted by Crippen LogP contribution is -2.16. The Balaban J connectivity index is 2.21. The van der Waals surface area contributed by atoms with E-state index in [0.29, 0.717) is 6.42 Å². The Morgan fingerprint density at radius 2 is 2.35 bits per heavy atom. The topological polar surface area (TPSA) is 85.4 Å². The number of nitrogens with zero attached hydrogens (tertiary/aromatic N) is 4. The van der Waals surface area contributed by atoms with Crippen LogP contribution in [-0.2, 0) is 19.9 Å². The van der Waals surface area contributed by atoms with Crippen LogP contribution in [-0.4, -0.2) is 25.2 Å². The number of hydrogen-bond acceptors (Lipinski definition) is 4. The summed E-state index contributed by atoms with van der Waals surface area (Å²) in [5.41, 5.74) is 8.97. The summed E-state index contributed by atoms with van der Waals surface area (Å²) in [5.74, 6) is 0. The molecule has 0 bridgehead atoms. The van der Waals surface area contributed by atoms with E-state index in [1.54, 1.807) is 6.20 Å². The second kappa shape index (κ2) is 4.97. The molecule has 0 radical (unpaired) electrons. The fraction of sp³-hybridized carbons (Fsp3) is 0.500. The van der Waals surface area contributed by atoms with Crippen molar-refractivity contribution < 1.29 is 0 Å². The van der Waals surface area contributed by atoms with E-state index in [9.17, 15) is 0 Å². The van der Waals surface area contributed by atoms with Gasteiger partial charge in [0.1, 0.15) is 0 Å². The largest absolute Gasteiger partial charge is 0.322 e. The number of aromatic nitrogens is 5. The van der Waals surface area contributed by atoms with Crippen molar-refractivity contribution in [3.05, 3.63) is 27.8 Å². The summed E-state index contributed by atoms with van der Waals surface area (Å²) in [6, 6.07) is -0.176. The van der Waals surface area contributed by atoms with E-state index in [-0.39, 0.29) is 6.04 Å². The third-order valence-electron chi connectivity index (χ3n) is 2.73. The van der Waals surface area contributed by atoms with Crippen molar-refractivity contribution in [2.75, 3.05) is 0 Å². The van der Waals surface area contributed by atoms with Crippen molar-refractivity contribution in [2.45, 2.75) is 25.8 Å². The molecule has 2 aromatic rings. The van der Waals surface area contributed by atoms with E-state index >= 15 is 0 Å². The summed E-state index contributed by atoms with van der Waals surface area (Å²) in [5, 5.41) is 14.8. The summed E-state index contributed by atoms with van der Waals surface area (Å²) in [4.78, 5) is 0. The molecule has 0 aromatic carbocycles. The second-order valence-corrected chi connectivity index (χ2v) is 4.68. The number of nitrogens with one attached hydrogen (secondary N) is 1. The van der Waals surface area contributed by atoms with E-state index in [1.807, 2.05) is 11.7 Å². The molecule has 0 saturated heterocycles. The summed E-state index contributed by atoms with van der Waals surface area (Å²) >= 11 is 3.57. The van der Waals surface area contributed by atoms with Crippen LogP contribution in [0.5, 0.6) is 0 Å². The predicted molar refractivity (Wildman–Crippen MR) is 67.3 cm³/mol. The minimum Gasteiger partial charge on any atom is -0.322 e. The van der Waals surface area contributed by atoms with E-state index in [0.717, 1.165) is 28.0 Å². The van der Waals surface area contributed by atoms with Gasteiger partial charge < -0.3 is 5.73 Å². The van der Waals surface area contributed by atoms with Gasteiger partial charge in [-0.3, -0.25) is 4.68 Å². The van der Waals surface area contributed by atoms with E-state index < -0.39 is 0 Å². The van der Waals surface area contributed by atoms with Crippen LogP contribution >= 0.6 is 15.9 Å². The van der Waals surface area contributed by atoms with Crippen molar-refractivity contribution in [1.82, 2.24) is 25.2 Å². The monoisotopic (exact) mass is 298 g/mol. The molecule has 0 spiro atoms. The summed E-state index contributed by atoms with van der Waals surface area (Å²) in [6.45, 7) is 2.08. The van der Waals surface area contributed by atoms with Gasteiger partial charge in [-0.25, -0.2) is 0 Å². The maximum atomic E-state index is 6.08. The fourth-order valence-electron chi connectivity index (χ4n) is 1.74. The Bertz CT molecular complexity index is 489. The molecular formula is C10H15BrN6. The highest BCUT2D eigenvalue weighted by molar-refractivity contribution is 9.10. The first-order chi connectivity index (χ1) is 8.13. The number of aromatic amines is 1. The van der Waals surface area contributed by atoms with Gasteiger partial charge in [0.15, 0.2) is 0 Å². The molecule has 2 rings (SSSR count). The van der Waals surface area contributed by atoms with Gasteiger partial charge in [0.25, 0.3) is 0 Å². The normalized spacial score (nSPS) is 12.9. The second-order valence-electron chi connectivity index (χ2n) is 3.89. The minimum absolute atomic E-state index is 0.176. The zero-order valence-corrected chi connectivity index (χ0v) is 11.4. The first-order valence-corrected chi connectivity index (χ1v) is 6.24. The molecule has 7 heteroatoms. The molecule has 3 N–H and O–H groups in total. The van der Waals surface area contributed by atoms with Crippen molar-refractivity contribution in [3.63, 3.8) is 0 Å². The van der Waals surface area contributed by atoms with Gasteiger partial charge in [-0.15, -0.1) is 0 Å². The van der Waals surface area contributed by atoms with Gasteiger partial charge in [0.2, 0.25) is 0 Å². The fourth-order valence-corrected chi connectivity index (χ4v) is 2.52. The lowest BCUT2D eigenvalue weighted by atomic mass is 10.1. The Morgan fingerprint density at radius 1 is 1.59 bits per heavy atom. The average molecular weight is 299 g/mol. The van der Waals surface area contributed by atoms with Gasteiger partial charge in [0.05, 0.1) is 33.8 Å². The molecule has 1 unspecified atom stereocenters. The van der Waals surface area contributed by atoms with Gasteiger partial charge in [-0.1, -0.05) is 6.92 Å². The van der Waals surface area contributed by atoms with Gasteiger partial charge in [0, 0.05) is 13.5 Å². The highest BCUT2D eigenvalue weighted by Gasteiger charge is 2.17. The van der Waals surface area contributed by atoms with Crippen molar-refractivity contribution >= 4 is 15.9 Å². The SMILES string of the molecule is CCc1nn(C)c(CC(N)c2cn[nH]n2)c1Br. The Labute approximate surface area is 108 Å². The average Bonchev–Trinajstić information content (AvgIpc) is 2.92. The third kappa shape index (κ3) is 2.39. The number of halogens is 1. The van der Waals surface area contributed by atoms with Crippen LogP contribution in [0.3, 0.4) is 0 Å².